The van der Waals surface area contributed by atoms with E-state index < -0.39 is 15.6 Å². The quantitative estimate of drug-likeness (QED) is 0.796. The average Bonchev–Trinajstić information content (AvgIpc) is 2.17. The number of sulfonamides is 1. The van der Waals surface area contributed by atoms with E-state index in [1.165, 1.54) is 0 Å². The second-order valence-corrected chi connectivity index (χ2v) is 7.86. The lowest BCUT2D eigenvalue weighted by molar-refractivity contribution is 0.424. The highest BCUT2D eigenvalue weighted by atomic mass is 35.5. The Hall–Kier alpha value is 0.200. The molecule has 0 radical (unpaired) electrons. The largest absolute Gasteiger partial charge is 0.215 e. The highest BCUT2D eigenvalue weighted by Gasteiger charge is 2.34. The van der Waals surface area contributed by atoms with Crippen LogP contribution in [-0.2, 0) is 10.0 Å². The normalized spacial score (nSPS) is 22.0. The molecule has 5 heteroatoms. The molecule has 0 aromatic rings. The third-order valence-corrected chi connectivity index (χ3v) is 6.10. The first-order valence-corrected chi connectivity index (χ1v) is 7.91. The standard InChI is InChI=1S/C11H22ClNO2S/c1-9(12)11(2,3)13-16(14,15)10-7-5-4-6-8-10/h9-10,13H,4-8H2,1-3H3. The molecule has 1 N–H and O–H groups in total. The van der Waals surface area contributed by atoms with Gasteiger partial charge in [-0.1, -0.05) is 19.3 Å². The number of halogens is 1. The lowest BCUT2D eigenvalue weighted by atomic mass is 10.0. The summed E-state index contributed by atoms with van der Waals surface area (Å²) < 4.78 is 27.0. The number of hydrogen-bond donors (Lipinski definition) is 1. The maximum Gasteiger partial charge on any atom is 0.215 e. The zero-order valence-electron chi connectivity index (χ0n) is 10.3. The summed E-state index contributed by atoms with van der Waals surface area (Å²) in [5.41, 5.74) is -0.585. The Kier molecular flexibility index (Phi) is 4.66. The Balaban J connectivity index is 2.71. The van der Waals surface area contributed by atoms with Gasteiger partial charge in [0.25, 0.3) is 0 Å². The summed E-state index contributed by atoms with van der Waals surface area (Å²) >= 11 is 5.99. The minimum atomic E-state index is -3.22. The molecule has 3 nitrogen and oxygen atoms in total. The molecular weight excluding hydrogens is 246 g/mol. The highest BCUT2D eigenvalue weighted by molar-refractivity contribution is 7.90. The molecule has 1 unspecified atom stereocenters. The van der Waals surface area contributed by atoms with Crippen molar-refractivity contribution in [2.75, 3.05) is 0 Å². The fraction of sp³-hybridized carbons (Fsp3) is 1.00. The van der Waals surface area contributed by atoms with E-state index in [9.17, 15) is 8.42 Å². The van der Waals surface area contributed by atoms with Crippen LogP contribution in [0.1, 0.15) is 52.9 Å². The van der Waals surface area contributed by atoms with Crippen molar-refractivity contribution in [1.82, 2.24) is 4.72 Å². The molecule has 0 amide bonds. The zero-order valence-corrected chi connectivity index (χ0v) is 11.9. The van der Waals surface area contributed by atoms with Crippen LogP contribution in [0.2, 0.25) is 0 Å². The molecule has 0 spiro atoms. The minimum Gasteiger partial charge on any atom is -0.212 e. The highest BCUT2D eigenvalue weighted by Crippen LogP contribution is 2.25. The van der Waals surface area contributed by atoms with Gasteiger partial charge in [0.1, 0.15) is 0 Å². The monoisotopic (exact) mass is 267 g/mol. The lowest BCUT2D eigenvalue weighted by Crippen LogP contribution is -2.52. The van der Waals surface area contributed by atoms with Gasteiger partial charge in [0.15, 0.2) is 0 Å². The summed E-state index contributed by atoms with van der Waals surface area (Å²) in [4.78, 5) is 0. The van der Waals surface area contributed by atoms with Crippen LogP contribution in [-0.4, -0.2) is 24.6 Å². The van der Waals surface area contributed by atoms with Crippen molar-refractivity contribution >= 4 is 21.6 Å². The Labute approximate surface area is 104 Å². The van der Waals surface area contributed by atoms with Gasteiger partial charge in [-0.3, -0.25) is 0 Å². The number of hydrogen-bond acceptors (Lipinski definition) is 2. The fourth-order valence-electron chi connectivity index (χ4n) is 1.91. The Morgan fingerprint density at radius 3 is 2.19 bits per heavy atom. The molecule has 0 heterocycles. The lowest BCUT2D eigenvalue weighted by Gasteiger charge is -2.32. The molecule has 1 rings (SSSR count). The first-order chi connectivity index (χ1) is 7.26. The number of nitrogens with one attached hydrogen (secondary N) is 1. The van der Waals surface area contributed by atoms with Crippen LogP contribution in [0.3, 0.4) is 0 Å². The van der Waals surface area contributed by atoms with Gasteiger partial charge in [-0.15, -0.1) is 11.6 Å². The zero-order chi connectivity index (χ0) is 12.4. The SMILES string of the molecule is CC(Cl)C(C)(C)NS(=O)(=O)C1CCCCC1. The summed E-state index contributed by atoms with van der Waals surface area (Å²) in [5.74, 6) is 0. The van der Waals surface area contributed by atoms with Crippen LogP contribution in [0.15, 0.2) is 0 Å². The van der Waals surface area contributed by atoms with Gasteiger partial charge >= 0.3 is 0 Å². The van der Waals surface area contributed by atoms with Crippen LogP contribution in [0.25, 0.3) is 0 Å². The van der Waals surface area contributed by atoms with E-state index in [1.54, 1.807) is 0 Å². The number of rotatable bonds is 4. The summed E-state index contributed by atoms with van der Waals surface area (Å²) in [5, 5.41) is -0.457. The number of alkyl halides is 1. The maximum absolute atomic E-state index is 12.1. The van der Waals surface area contributed by atoms with E-state index in [0.717, 1.165) is 32.1 Å². The summed E-state index contributed by atoms with van der Waals surface area (Å²) in [6.07, 6.45) is 4.75. The van der Waals surface area contributed by atoms with E-state index in [1.807, 2.05) is 20.8 Å². The Morgan fingerprint density at radius 1 is 1.25 bits per heavy atom. The molecule has 1 saturated carbocycles. The van der Waals surface area contributed by atoms with Gasteiger partial charge in [0.05, 0.1) is 5.25 Å². The fourth-order valence-corrected chi connectivity index (χ4v) is 4.06. The van der Waals surface area contributed by atoms with Gasteiger partial charge in [-0.05, 0) is 33.6 Å². The molecule has 1 atom stereocenters. The van der Waals surface area contributed by atoms with Crippen molar-refractivity contribution in [3.63, 3.8) is 0 Å². The van der Waals surface area contributed by atoms with Crippen LogP contribution >= 0.6 is 11.6 Å². The molecule has 0 aliphatic heterocycles. The second kappa shape index (κ2) is 5.23. The minimum absolute atomic E-state index is 0.226. The predicted molar refractivity (Wildman–Crippen MR) is 68.3 cm³/mol. The van der Waals surface area contributed by atoms with Crippen molar-refractivity contribution < 1.29 is 8.42 Å². The topological polar surface area (TPSA) is 46.2 Å². The van der Waals surface area contributed by atoms with E-state index >= 15 is 0 Å². The predicted octanol–water partition coefficient (Wildman–Crippen LogP) is 2.64. The molecule has 16 heavy (non-hydrogen) atoms. The van der Waals surface area contributed by atoms with E-state index in [4.69, 9.17) is 11.6 Å². The molecule has 96 valence electrons. The van der Waals surface area contributed by atoms with Crippen molar-refractivity contribution in [1.29, 1.82) is 0 Å². The molecule has 1 aliphatic carbocycles. The van der Waals surface area contributed by atoms with E-state index in [-0.39, 0.29) is 10.6 Å². The van der Waals surface area contributed by atoms with Crippen LogP contribution in [0.5, 0.6) is 0 Å². The van der Waals surface area contributed by atoms with Gasteiger partial charge in [0, 0.05) is 10.9 Å². The summed E-state index contributed by atoms with van der Waals surface area (Å²) in [6, 6.07) is 0. The van der Waals surface area contributed by atoms with Gasteiger partial charge in [0.2, 0.25) is 10.0 Å². The van der Waals surface area contributed by atoms with Crippen LogP contribution in [0, 0.1) is 0 Å². The van der Waals surface area contributed by atoms with Gasteiger partial charge < -0.3 is 0 Å². The third kappa shape index (κ3) is 3.60. The smallest absolute Gasteiger partial charge is 0.212 e. The Bertz CT molecular complexity index is 319. The maximum atomic E-state index is 12.1. The molecule has 0 saturated heterocycles. The summed E-state index contributed by atoms with van der Waals surface area (Å²) in [7, 11) is -3.22. The molecular formula is C11H22ClNO2S. The first kappa shape index (κ1) is 14.3. The second-order valence-electron chi connectivity index (χ2n) is 5.24. The van der Waals surface area contributed by atoms with Crippen molar-refractivity contribution in [2.24, 2.45) is 0 Å². The van der Waals surface area contributed by atoms with Crippen molar-refractivity contribution in [2.45, 2.75) is 69.0 Å². The molecule has 0 aromatic carbocycles. The summed E-state index contributed by atoms with van der Waals surface area (Å²) in [6.45, 7) is 5.46. The third-order valence-electron chi connectivity index (χ3n) is 3.39. The van der Waals surface area contributed by atoms with Crippen molar-refractivity contribution in [3.8, 4) is 0 Å². The van der Waals surface area contributed by atoms with Gasteiger partial charge in [-0.25, -0.2) is 13.1 Å². The first-order valence-electron chi connectivity index (χ1n) is 5.92. The molecule has 1 aliphatic rings. The van der Waals surface area contributed by atoms with Crippen LogP contribution in [0.4, 0.5) is 0 Å². The Morgan fingerprint density at radius 2 is 1.75 bits per heavy atom. The van der Waals surface area contributed by atoms with E-state index in [0.29, 0.717) is 0 Å². The van der Waals surface area contributed by atoms with E-state index in [2.05, 4.69) is 4.72 Å². The van der Waals surface area contributed by atoms with Crippen LogP contribution < -0.4 is 4.72 Å². The molecule has 0 bridgehead atoms. The molecule has 0 aromatic heterocycles. The van der Waals surface area contributed by atoms with Gasteiger partial charge in [-0.2, -0.15) is 0 Å². The average molecular weight is 268 g/mol. The van der Waals surface area contributed by atoms with Crippen molar-refractivity contribution in [3.05, 3.63) is 0 Å². The molecule has 1 fully saturated rings.